The molecular weight excluding hydrogens is 180 g/mol. The van der Waals surface area contributed by atoms with Gasteiger partial charge in [-0.2, -0.15) is 0 Å². The fourth-order valence-corrected chi connectivity index (χ4v) is 1.29. The first-order valence-electron chi connectivity index (χ1n) is 3.95. The van der Waals surface area contributed by atoms with Crippen LogP contribution in [0, 0.1) is 0 Å². The standard InChI is InChI=1S/C7H14O6/c1-12-7-5(11)4(10)6(13-7)3(9)2-8/h3-11H,2H2,1H3/t3-,4-,5-,6-,7+/m1/s1. The lowest BCUT2D eigenvalue weighted by atomic mass is 10.1. The summed E-state index contributed by atoms with van der Waals surface area (Å²) in [4.78, 5) is 0. The fraction of sp³-hybridized carbons (Fsp3) is 1.00. The van der Waals surface area contributed by atoms with Crippen LogP contribution in [0.3, 0.4) is 0 Å². The minimum atomic E-state index is -1.24. The Balaban J connectivity index is 2.60. The molecule has 1 heterocycles. The molecule has 0 spiro atoms. The number of aliphatic hydroxyl groups excluding tert-OH is 4. The van der Waals surface area contributed by atoms with Gasteiger partial charge in [0.2, 0.25) is 0 Å². The molecule has 1 saturated heterocycles. The van der Waals surface area contributed by atoms with E-state index in [1.54, 1.807) is 0 Å². The van der Waals surface area contributed by atoms with E-state index in [-0.39, 0.29) is 0 Å². The number of aliphatic hydroxyl groups is 4. The van der Waals surface area contributed by atoms with Crippen molar-refractivity contribution in [1.29, 1.82) is 0 Å². The molecule has 6 heteroatoms. The topological polar surface area (TPSA) is 99.4 Å². The lowest BCUT2D eigenvalue weighted by molar-refractivity contribution is -0.166. The van der Waals surface area contributed by atoms with Crippen molar-refractivity contribution in [3.05, 3.63) is 0 Å². The lowest BCUT2D eigenvalue weighted by Crippen LogP contribution is -2.40. The minimum absolute atomic E-state index is 0.537. The second-order valence-corrected chi connectivity index (χ2v) is 2.94. The Kier molecular flexibility index (Phi) is 3.60. The Morgan fingerprint density at radius 1 is 1.38 bits per heavy atom. The smallest absolute Gasteiger partial charge is 0.186 e. The highest BCUT2D eigenvalue weighted by molar-refractivity contribution is 4.90. The predicted molar refractivity (Wildman–Crippen MR) is 40.8 cm³/mol. The Morgan fingerprint density at radius 2 is 2.00 bits per heavy atom. The van der Waals surface area contributed by atoms with E-state index in [9.17, 15) is 10.2 Å². The average molecular weight is 194 g/mol. The number of methoxy groups -OCH3 is 1. The lowest BCUT2D eigenvalue weighted by Gasteiger charge is -2.18. The molecule has 5 atom stereocenters. The van der Waals surface area contributed by atoms with Crippen LogP contribution in [0.4, 0.5) is 0 Å². The van der Waals surface area contributed by atoms with Gasteiger partial charge in [-0.3, -0.25) is 0 Å². The third-order valence-corrected chi connectivity index (χ3v) is 2.06. The normalized spacial score (nSPS) is 42.2. The van der Waals surface area contributed by atoms with Gasteiger partial charge in [-0.25, -0.2) is 0 Å². The van der Waals surface area contributed by atoms with E-state index in [0.717, 1.165) is 0 Å². The summed E-state index contributed by atoms with van der Waals surface area (Å²) in [7, 11) is 1.31. The minimum Gasteiger partial charge on any atom is -0.394 e. The maximum atomic E-state index is 9.33. The van der Waals surface area contributed by atoms with Crippen LogP contribution in [-0.4, -0.2) is 64.8 Å². The van der Waals surface area contributed by atoms with E-state index in [1.165, 1.54) is 7.11 Å². The second-order valence-electron chi connectivity index (χ2n) is 2.94. The van der Waals surface area contributed by atoms with Crippen molar-refractivity contribution in [2.45, 2.75) is 30.7 Å². The number of rotatable bonds is 3. The molecule has 0 aromatic heterocycles. The summed E-state index contributed by atoms with van der Waals surface area (Å²) in [6.45, 7) is -0.537. The molecule has 0 bridgehead atoms. The quantitative estimate of drug-likeness (QED) is 0.394. The molecule has 4 N–H and O–H groups in total. The van der Waals surface area contributed by atoms with Crippen LogP contribution >= 0.6 is 0 Å². The van der Waals surface area contributed by atoms with Crippen molar-refractivity contribution in [2.24, 2.45) is 0 Å². The van der Waals surface area contributed by atoms with Crippen molar-refractivity contribution >= 4 is 0 Å². The summed E-state index contributed by atoms with van der Waals surface area (Å²) in [5, 5.41) is 36.4. The highest BCUT2D eigenvalue weighted by Crippen LogP contribution is 2.23. The Labute approximate surface area is 75.3 Å². The van der Waals surface area contributed by atoms with E-state index in [4.69, 9.17) is 19.7 Å². The molecule has 13 heavy (non-hydrogen) atoms. The molecule has 78 valence electrons. The van der Waals surface area contributed by atoms with Gasteiger partial charge in [-0.05, 0) is 0 Å². The maximum absolute atomic E-state index is 9.33. The van der Waals surface area contributed by atoms with Gasteiger partial charge in [0, 0.05) is 7.11 Å². The highest BCUT2D eigenvalue weighted by atomic mass is 16.7. The summed E-state index contributed by atoms with van der Waals surface area (Å²) in [5.74, 6) is 0. The van der Waals surface area contributed by atoms with Gasteiger partial charge in [-0.1, -0.05) is 0 Å². The Morgan fingerprint density at radius 3 is 2.38 bits per heavy atom. The van der Waals surface area contributed by atoms with E-state index in [0.29, 0.717) is 0 Å². The van der Waals surface area contributed by atoms with Crippen LogP contribution in [0.25, 0.3) is 0 Å². The van der Waals surface area contributed by atoms with Gasteiger partial charge in [0.25, 0.3) is 0 Å². The molecule has 1 aliphatic rings. The summed E-state index contributed by atoms with van der Waals surface area (Å²) in [6, 6.07) is 0. The molecule has 0 aliphatic carbocycles. The number of ether oxygens (including phenoxy) is 2. The zero-order valence-corrected chi connectivity index (χ0v) is 7.20. The predicted octanol–water partition coefficient (Wildman–Crippen LogP) is -2.57. The molecule has 0 saturated carbocycles. The molecule has 0 amide bonds. The molecule has 0 unspecified atom stereocenters. The van der Waals surface area contributed by atoms with Crippen molar-refractivity contribution in [3.63, 3.8) is 0 Å². The zero-order valence-electron chi connectivity index (χ0n) is 7.20. The third kappa shape index (κ3) is 1.98. The van der Waals surface area contributed by atoms with Gasteiger partial charge >= 0.3 is 0 Å². The zero-order chi connectivity index (χ0) is 10.0. The van der Waals surface area contributed by atoms with Gasteiger partial charge in [0.05, 0.1) is 6.61 Å². The van der Waals surface area contributed by atoms with E-state index < -0.39 is 37.3 Å². The van der Waals surface area contributed by atoms with E-state index in [2.05, 4.69) is 0 Å². The van der Waals surface area contributed by atoms with Crippen LogP contribution in [0.5, 0.6) is 0 Å². The molecule has 1 aliphatic heterocycles. The first-order valence-corrected chi connectivity index (χ1v) is 3.95. The van der Waals surface area contributed by atoms with Crippen LogP contribution < -0.4 is 0 Å². The summed E-state index contributed by atoms with van der Waals surface area (Å²) >= 11 is 0. The van der Waals surface area contributed by atoms with Crippen LogP contribution in [-0.2, 0) is 9.47 Å². The van der Waals surface area contributed by atoms with Crippen LogP contribution in [0.2, 0.25) is 0 Å². The largest absolute Gasteiger partial charge is 0.394 e. The molecule has 0 aromatic carbocycles. The molecule has 1 rings (SSSR count). The average Bonchev–Trinajstić information content (AvgIpc) is 2.43. The van der Waals surface area contributed by atoms with Crippen LogP contribution in [0.1, 0.15) is 0 Å². The third-order valence-electron chi connectivity index (χ3n) is 2.06. The molecule has 0 aromatic rings. The summed E-state index contributed by atoms with van der Waals surface area (Å²) < 4.78 is 9.65. The Bertz CT molecular complexity index is 163. The van der Waals surface area contributed by atoms with Gasteiger partial charge in [0.1, 0.15) is 24.4 Å². The molecule has 6 nitrogen and oxygen atoms in total. The van der Waals surface area contributed by atoms with Crippen molar-refractivity contribution in [2.75, 3.05) is 13.7 Å². The van der Waals surface area contributed by atoms with Gasteiger partial charge < -0.3 is 29.9 Å². The molecule has 1 fully saturated rings. The first-order chi connectivity index (χ1) is 6.11. The highest BCUT2D eigenvalue weighted by Gasteiger charge is 2.45. The van der Waals surface area contributed by atoms with Gasteiger partial charge in [-0.15, -0.1) is 0 Å². The van der Waals surface area contributed by atoms with Crippen molar-refractivity contribution < 1.29 is 29.9 Å². The van der Waals surface area contributed by atoms with E-state index >= 15 is 0 Å². The SMILES string of the molecule is CO[C@H]1O[C@H]([C@H](O)CO)[C@H](O)[C@H]1O. The van der Waals surface area contributed by atoms with Crippen LogP contribution in [0.15, 0.2) is 0 Å². The second kappa shape index (κ2) is 4.32. The van der Waals surface area contributed by atoms with Crippen molar-refractivity contribution in [1.82, 2.24) is 0 Å². The van der Waals surface area contributed by atoms with Gasteiger partial charge in [0.15, 0.2) is 6.29 Å². The number of hydrogen-bond donors (Lipinski definition) is 4. The molecular formula is C7H14O6. The first kappa shape index (κ1) is 10.8. The number of hydrogen-bond acceptors (Lipinski definition) is 6. The molecule has 0 radical (unpaired) electrons. The maximum Gasteiger partial charge on any atom is 0.186 e. The fourth-order valence-electron chi connectivity index (χ4n) is 1.29. The summed E-state index contributed by atoms with van der Waals surface area (Å²) in [5.41, 5.74) is 0. The van der Waals surface area contributed by atoms with E-state index in [1.807, 2.05) is 0 Å². The van der Waals surface area contributed by atoms with Crippen molar-refractivity contribution in [3.8, 4) is 0 Å². The summed E-state index contributed by atoms with van der Waals surface area (Å²) in [6.07, 6.45) is -5.63. The Hall–Kier alpha value is -0.240. The monoisotopic (exact) mass is 194 g/mol.